The van der Waals surface area contributed by atoms with Gasteiger partial charge in [-0.25, -0.2) is 0 Å². The Morgan fingerprint density at radius 1 is 1.09 bits per heavy atom. The van der Waals surface area contributed by atoms with Crippen molar-refractivity contribution < 1.29 is 14.3 Å². The number of halogens is 1. The van der Waals surface area contributed by atoms with Gasteiger partial charge < -0.3 is 15.0 Å². The molecule has 1 aliphatic carbocycles. The lowest BCUT2D eigenvalue weighted by Gasteiger charge is -2.31. The molecular weight excluding hydrogens is 468 g/mol. The van der Waals surface area contributed by atoms with E-state index in [2.05, 4.69) is 28.2 Å². The molecule has 3 rings (SSSR count). The van der Waals surface area contributed by atoms with Crippen LogP contribution in [0.1, 0.15) is 57.1 Å². The van der Waals surface area contributed by atoms with Crippen LogP contribution in [0.25, 0.3) is 0 Å². The van der Waals surface area contributed by atoms with Crippen LogP contribution in [0.3, 0.4) is 0 Å². The molecule has 2 aromatic carbocycles. The number of aryl methyl sites for hydroxylation is 1. The molecular formula is C26H33BrN2O3. The van der Waals surface area contributed by atoms with Crippen molar-refractivity contribution in [1.29, 1.82) is 0 Å². The van der Waals surface area contributed by atoms with Crippen LogP contribution < -0.4 is 10.1 Å². The van der Waals surface area contributed by atoms with E-state index >= 15 is 0 Å². The monoisotopic (exact) mass is 500 g/mol. The summed E-state index contributed by atoms with van der Waals surface area (Å²) in [5.41, 5.74) is 2.17. The van der Waals surface area contributed by atoms with Gasteiger partial charge in [-0.1, -0.05) is 66.4 Å². The highest BCUT2D eigenvalue weighted by Crippen LogP contribution is 2.19. The molecule has 1 aliphatic rings. The Bertz CT molecular complexity index is 894. The Hall–Kier alpha value is -2.34. The van der Waals surface area contributed by atoms with E-state index in [0.29, 0.717) is 12.3 Å². The average Bonchev–Trinajstić information content (AvgIpc) is 2.81. The van der Waals surface area contributed by atoms with Gasteiger partial charge in [0.05, 0.1) is 0 Å². The molecule has 6 heteroatoms. The van der Waals surface area contributed by atoms with Crippen LogP contribution in [0.2, 0.25) is 0 Å². The number of amides is 2. The molecule has 2 amide bonds. The van der Waals surface area contributed by atoms with Gasteiger partial charge in [-0.3, -0.25) is 9.59 Å². The Labute approximate surface area is 199 Å². The topological polar surface area (TPSA) is 58.6 Å². The van der Waals surface area contributed by atoms with E-state index in [1.807, 2.05) is 48.5 Å². The minimum atomic E-state index is -0.588. The zero-order chi connectivity index (χ0) is 22.9. The first kappa shape index (κ1) is 24.3. The van der Waals surface area contributed by atoms with Crippen LogP contribution in [0.15, 0.2) is 53.0 Å². The van der Waals surface area contributed by atoms with E-state index in [1.165, 1.54) is 12.0 Å². The summed E-state index contributed by atoms with van der Waals surface area (Å²) < 4.78 is 6.70. The van der Waals surface area contributed by atoms with Gasteiger partial charge in [0.25, 0.3) is 5.91 Å². The van der Waals surface area contributed by atoms with Gasteiger partial charge in [0, 0.05) is 17.1 Å². The number of carbonyl (C=O) groups is 2. The fourth-order valence-corrected chi connectivity index (χ4v) is 4.48. The normalized spacial score (nSPS) is 15.1. The summed E-state index contributed by atoms with van der Waals surface area (Å²) in [6.07, 6.45) is 6.48. The molecule has 0 unspecified atom stereocenters. The van der Waals surface area contributed by atoms with Gasteiger partial charge in [-0.2, -0.15) is 0 Å². The third-order valence-electron chi connectivity index (χ3n) is 6.05. The fourth-order valence-electron chi connectivity index (χ4n) is 4.03. The predicted octanol–water partition coefficient (Wildman–Crippen LogP) is 5.26. The fraction of sp³-hybridized carbons (Fsp3) is 0.462. The third kappa shape index (κ3) is 7.09. The SMILES string of the molecule is CCc1ccc(OCC(=O)N(Cc2cccc(Br)c2)[C@H](C)C(=O)NC2CCCCC2)cc1. The van der Waals surface area contributed by atoms with Crippen molar-refractivity contribution in [1.82, 2.24) is 10.2 Å². The van der Waals surface area contributed by atoms with Gasteiger partial charge in [0.15, 0.2) is 6.61 Å². The van der Waals surface area contributed by atoms with Gasteiger partial charge >= 0.3 is 0 Å². The Morgan fingerprint density at radius 3 is 2.47 bits per heavy atom. The molecule has 5 nitrogen and oxygen atoms in total. The van der Waals surface area contributed by atoms with Crippen molar-refractivity contribution in [2.45, 2.75) is 71.0 Å². The van der Waals surface area contributed by atoms with Gasteiger partial charge in [0.1, 0.15) is 11.8 Å². The van der Waals surface area contributed by atoms with Crippen LogP contribution in [-0.4, -0.2) is 35.4 Å². The summed E-state index contributed by atoms with van der Waals surface area (Å²) >= 11 is 3.49. The maximum absolute atomic E-state index is 13.2. The van der Waals surface area contributed by atoms with E-state index in [0.717, 1.165) is 42.1 Å². The quantitative estimate of drug-likeness (QED) is 0.510. The third-order valence-corrected chi connectivity index (χ3v) is 6.55. The highest BCUT2D eigenvalue weighted by Gasteiger charge is 2.28. The lowest BCUT2D eigenvalue weighted by atomic mass is 9.95. The standard InChI is InChI=1S/C26H33BrN2O3/c1-3-20-12-14-24(15-13-20)32-18-25(30)29(17-21-8-7-9-22(27)16-21)19(2)26(31)28-23-10-5-4-6-11-23/h7-9,12-16,19,23H,3-6,10-11,17-18H2,1-2H3,(H,28,31)/t19-/m1/s1. The van der Waals surface area contributed by atoms with Crippen molar-refractivity contribution in [3.8, 4) is 5.75 Å². The number of nitrogens with one attached hydrogen (secondary N) is 1. The zero-order valence-corrected chi connectivity index (χ0v) is 20.6. The number of hydrogen-bond acceptors (Lipinski definition) is 3. The molecule has 1 atom stereocenters. The molecule has 0 spiro atoms. The van der Waals surface area contributed by atoms with Gasteiger partial charge in [-0.05, 0) is 61.6 Å². The molecule has 1 saturated carbocycles. The van der Waals surface area contributed by atoms with Crippen LogP contribution in [0.5, 0.6) is 5.75 Å². The second-order valence-electron chi connectivity index (χ2n) is 8.46. The first-order valence-electron chi connectivity index (χ1n) is 11.5. The second-order valence-corrected chi connectivity index (χ2v) is 9.37. The maximum Gasteiger partial charge on any atom is 0.261 e. The smallest absolute Gasteiger partial charge is 0.261 e. The molecule has 0 aliphatic heterocycles. The maximum atomic E-state index is 13.2. The van der Waals surface area contributed by atoms with Crippen LogP contribution in [0, 0.1) is 0 Å². The first-order chi connectivity index (χ1) is 15.5. The largest absolute Gasteiger partial charge is 0.484 e. The van der Waals surface area contributed by atoms with Crippen LogP contribution >= 0.6 is 15.9 Å². The average molecular weight is 501 g/mol. The lowest BCUT2D eigenvalue weighted by Crippen LogP contribution is -2.51. The molecule has 32 heavy (non-hydrogen) atoms. The van der Waals surface area contributed by atoms with E-state index in [-0.39, 0.29) is 24.5 Å². The molecule has 1 fully saturated rings. The lowest BCUT2D eigenvalue weighted by molar-refractivity contribution is -0.142. The van der Waals surface area contributed by atoms with E-state index in [9.17, 15) is 9.59 Å². The molecule has 0 heterocycles. The van der Waals surface area contributed by atoms with Crippen LogP contribution in [-0.2, 0) is 22.6 Å². The van der Waals surface area contributed by atoms with E-state index in [1.54, 1.807) is 11.8 Å². The zero-order valence-electron chi connectivity index (χ0n) is 19.0. The minimum Gasteiger partial charge on any atom is -0.484 e. The highest BCUT2D eigenvalue weighted by atomic mass is 79.9. The van der Waals surface area contributed by atoms with Gasteiger partial charge in [-0.15, -0.1) is 0 Å². The summed E-state index contributed by atoms with van der Waals surface area (Å²) in [5, 5.41) is 3.15. The van der Waals surface area contributed by atoms with Gasteiger partial charge in [0.2, 0.25) is 5.91 Å². The minimum absolute atomic E-state index is 0.104. The molecule has 0 radical (unpaired) electrons. The summed E-state index contributed by atoms with van der Waals surface area (Å²) in [6, 6.07) is 15.2. The van der Waals surface area contributed by atoms with Crippen molar-refractivity contribution in [3.63, 3.8) is 0 Å². The highest BCUT2D eigenvalue weighted by molar-refractivity contribution is 9.10. The number of hydrogen-bond donors (Lipinski definition) is 1. The molecule has 0 saturated heterocycles. The molecule has 1 N–H and O–H groups in total. The predicted molar refractivity (Wildman–Crippen MR) is 130 cm³/mol. The number of rotatable bonds is 9. The molecule has 172 valence electrons. The second kappa shape index (κ2) is 12.0. The molecule has 2 aromatic rings. The molecule has 0 aromatic heterocycles. The summed E-state index contributed by atoms with van der Waals surface area (Å²) in [7, 11) is 0. The van der Waals surface area contributed by atoms with E-state index < -0.39 is 6.04 Å². The number of ether oxygens (including phenoxy) is 1. The Kier molecular flexibility index (Phi) is 9.15. The van der Waals surface area contributed by atoms with Crippen molar-refractivity contribution in [2.75, 3.05) is 6.61 Å². The Balaban J connectivity index is 1.69. The Morgan fingerprint density at radius 2 is 1.81 bits per heavy atom. The van der Waals surface area contributed by atoms with E-state index in [4.69, 9.17) is 4.74 Å². The number of carbonyl (C=O) groups excluding carboxylic acids is 2. The van der Waals surface area contributed by atoms with Crippen molar-refractivity contribution >= 4 is 27.7 Å². The van der Waals surface area contributed by atoms with Crippen molar-refractivity contribution in [2.24, 2.45) is 0 Å². The summed E-state index contributed by atoms with van der Waals surface area (Å²) in [4.78, 5) is 27.8. The molecule has 0 bridgehead atoms. The summed E-state index contributed by atoms with van der Waals surface area (Å²) in [5.74, 6) is 0.334. The van der Waals surface area contributed by atoms with Crippen molar-refractivity contribution in [3.05, 3.63) is 64.1 Å². The number of nitrogens with zero attached hydrogens (tertiary/aromatic N) is 1. The number of benzene rings is 2. The first-order valence-corrected chi connectivity index (χ1v) is 12.3. The summed E-state index contributed by atoms with van der Waals surface area (Å²) in [6.45, 7) is 4.12. The van der Waals surface area contributed by atoms with Crippen LogP contribution in [0.4, 0.5) is 0 Å².